The Kier molecular flexibility index (Phi) is 4.11. The standard InChI is InChI=1S/C16H17N3O2S/c1-19(15-12-6-7-22-16(12)18-10-17-15)9-11-4-5-13(20-2)14(8-11)21-3/h4-8,10H,9H2,1-3H3. The van der Waals surface area contributed by atoms with Crippen LogP contribution >= 0.6 is 11.3 Å². The molecule has 0 radical (unpaired) electrons. The van der Waals surface area contributed by atoms with Gasteiger partial charge in [0.2, 0.25) is 0 Å². The minimum atomic E-state index is 0.725. The van der Waals surface area contributed by atoms with Gasteiger partial charge in [-0.1, -0.05) is 6.07 Å². The van der Waals surface area contributed by atoms with Crippen LogP contribution in [0.3, 0.4) is 0 Å². The van der Waals surface area contributed by atoms with Crippen LogP contribution in [0.1, 0.15) is 5.56 Å². The number of nitrogens with zero attached hydrogens (tertiary/aromatic N) is 3. The highest BCUT2D eigenvalue weighted by atomic mass is 32.1. The summed E-state index contributed by atoms with van der Waals surface area (Å²) in [5, 5.41) is 3.11. The summed E-state index contributed by atoms with van der Waals surface area (Å²) in [6, 6.07) is 7.99. The van der Waals surface area contributed by atoms with E-state index < -0.39 is 0 Å². The lowest BCUT2D eigenvalue weighted by Gasteiger charge is -2.19. The normalized spacial score (nSPS) is 10.7. The topological polar surface area (TPSA) is 47.5 Å². The van der Waals surface area contributed by atoms with Gasteiger partial charge < -0.3 is 14.4 Å². The SMILES string of the molecule is COc1ccc(CN(C)c2ncnc3sccc23)cc1OC. The van der Waals surface area contributed by atoms with E-state index in [2.05, 4.69) is 20.9 Å². The van der Waals surface area contributed by atoms with Gasteiger partial charge in [-0.15, -0.1) is 11.3 Å². The molecule has 0 aliphatic carbocycles. The summed E-state index contributed by atoms with van der Waals surface area (Å²) in [5.41, 5.74) is 1.13. The zero-order valence-electron chi connectivity index (χ0n) is 12.7. The second-order valence-electron chi connectivity index (χ2n) is 4.88. The van der Waals surface area contributed by atoms with Crippen molar-refractivity contribution in [2.24, 2.45) is 0 Å². The third kappa shape index (κ3) is 2.69. The largest absolute Gasteiger partial charge is 0.493 e. The van der Waals surface area contributed by atoms with Crippen LogP contribution in [0.5, 0.6) is 11.5 Å². The molecular formula is C16H17N3O2S. The Labute approximate surface area is 133 Å². The van der Waals surface area contributed by atoms with Crippen LogP contribution in [-0.4, -0.2) is 31.2 Å². The average molecular weight is 315 g/mol. The molecule has 0 saturated heterocycles. The molecule has 2 heterocycles. The van der Waals surface area contributed by atoms with Gasteiger partial charge in [0.1, 0.15) is 17.0 Å². The van der Waals surface area contributed by atoms with Crippen LogP contribution in [0.2, 0.25) is 0 Å². The van der Waals surface area contributed by atoms with Gasteiger partial charge in [0.25, 0.3) is 0 Å². The van der Waals surface area contributed by atoms with Gasteiger partial charge in [-0.05, 0) is 29.1 Å². The minimum Gasteiger partial charge on any atom is -0.493 e. The molecule has 1 aromatic carbocycles. The molecule has 0 fully saturated rings. The fourth-order valence-electron chi connectivity index (χ4n) is 2.41. The minimum absolute atomic E-state index is 0.725. The highest BCUT2D eigenvalue weighted by molar-refractivity contribution is 7.16. The molecule has 6 heteroatoms. The molecule has 0 N–H and O–H groups in total. The summed E-state index contributed by atoms with van der Waals surface area (Å²) in [6.07, 6.45) is 1.61. The number of anilines is 1. The number of rotatable bonds is 5. The Morgan fingerprint density at radius 2 is 1.91 bits per heavy atom. The molecule has 5 nitrogen and oxygen atoms in total. The zero-order chi connectivity index (χ0) is 15.5. The molecule has 0 spiro atoms. The number of ether oxygens (including phenoxy) is 2. The van der Waals surface area contributed by atoms with Crippen LogP contribution in [-0.2, 0) is 6.54 Å². The van der Waals surface area contributed by atoms with Crippen molar-refractivity contribution in [3.8, 4) is 11.5 Å². The quantitative estimate of drug-likeness (QED) is 0.722. The first kappa shape index (κ1) is 14.6. The smallest absolute Gasteiger partial charge is 0.161 e. The van der Waals surface area contributed by atoms with E-state index in [1.54, 1.807) is 31.9 Å². The summed E-state index contributed by atoms with van der Waals surface area (Å²) in [6.45, 7) is 0.725. The lowest BCUT2D eigenvalue weighted by molar-refractivity contribution is 0.354. The van der Waals surface area contributed by atoms with Crippen LogP contribution in [0.4, 0.5) is 5.82 Å². The maximum atomic E-state index is 5.35. The van der Waals surface area contributed by atoms with E-state index in [-0.39, 0.29) is 0 Å². The van der Waals surface area contributed by atoms with Crippen LogP contribution in [0.15, 0.2) is 36.0 Å². The number of hydrogen-bond acceptors (Lipinski definition) is 6. The van der Waals surface area contributed by atoms with Gasteiger partial charge in [-0.2, -0.15) is 0 Å². The van der Waals surface area contributed by atoms with Crippen molar-refractivity contribution in [3.05, 3.63) is 41.5 Å². The van der Waals surface area contributed by atoms with Gasteiger partial charge in [-0.25, -0.2) is 9.97 Å². The predicted molar refractivity (Wildman–Crippen MR) is 89.1 cm³/mol. The second-order valence-corrected chi connectivity index (χ2v) is 5.78. The van der Waals surface area contributed by atoms with E-state index in [1.807, 2.05) is 30.6 Å². The molecule has 2 aromatic heterocycles. The number of benzene rings is 1. The lowest BCUT2D eigenvalue weighted by Crippen LogP contribution is -2.18. The third-order valence-electron chi connectivity index (χ3n) is 3.47. The lowest BCUT2D eigenvalue weighted by atomic mass is 10.2. The maximum Gasteiger partial charge on any atom is 0.161 e. The maximum absolute atomic E-state index is 5.35. The molecule has 0 aliphatic heterocycles. The fraction of sp³-hybridized carbons (Fsp3) is 0.250. The van der Waals surface area contributed by atoms with Gasteiger partial charge in [0, 0.05) is 13.6 Å². The second kappa shape index (κ2) is 6.19. The van der Waals surface area contributed by atoms with E-state index in [0.29, 0.717) is 0 Å². The molecule has 0 bridgehead atoms. The molecule has 0 atom stereocenters. The van der Waals surface area contributed by atoms with E-state index >= 15 is 0 Å². The monoisotopic (exact) mass is 315 g/mol. The van der Waals surface area contributed by atoms with E-state index in [4.69, 9.17) is 9.47 Å². The number of thiophene rings is 1. The van der Waals surface area contributed by atoms with Crippen LogP contribution < -0.4 is 14.4 Å². The summed E-state index contributed by atoms with van der Waals surface area (Å²) in [4.78, 5) is 11.8. The molecule has 22 heavy (non-hydrogen) atoms. The van der Waals surface area contributed by atoms with E-state index in [0.717, 1.165) is 39.6 Å². The van der Waals surface area contributed by atoms with Crippen molar-refractivity contribution in [1.82, 2.24) is 9.97 Å². The molecule has 0 unspecified atom stereocenters. The van der Waals surface area contributed by atoms with E-state index in [1.165, 1.54) is 0 Å². The Hall–Kier alpha value is -2.34. The van der Waals surface area contributed by atoms with Crippen molar-refractivity contribution in [3.63, 3.8) is 0 Å². The van der Waals surface area contributed by atoms with Gasteiger partial charge >= 0.3 is 0 Å². The first-order valence-corrected chi connectivity index (χ1v) is 7.71. The van der Waals surface area contributed by atoms with Crippen molar-refractivity contribution in [1.29, 1.82) is 0 Å². The Balaban J connectivity index is 1.88. The van der Waals surface area contributed by atoms with Crippen LogP contribution in [0, 0.1) is 0 Å². The number of hydrogen-bond donors (Lipinski definition) is 0. The molecular weight excluding hydrogens is 298 g/mol. The summed E-state index contributed by atoms with van der Waals surface area (Å²) < 4.78 is 10.6. The van der Waals surface area contributed by atoms with Gasteiger partial charge in [-0.3, -0.25) is 0 Å². The van der Waals surface area contributed by atoms with Crippen molar-refractivity contribution >= 4 is 27.4 Å². The van der Waals surface area contributed by atoms with Crippen molar-refractivity contribution in [2.75, 3.05) is 26.2 Å². The summed E-state index contributed by atoms with van der Waals surface area (Å²) in [5.74, 6) is 2.40. The van der Waals surface area contributed by atoms with Crippen LogP contribution in [0.25, 0.3) is 10.2 Å². The molecule has 0 saturated carbocycles. The first-order chi connectivity index (χ1) is 10.7. The third-order valence-corrected chi connectivity index (χ3v) is 4.29. The average Bonchev–Trinajstić information content (AvgIpc) is 3.03. The zero-order valence-corrected chi connectivity index (χ0v) is 13.6. The predicted octanol–water partition coefficient (Wildman–Crippen LogP) is 3.34. The highest BCUT2D eigenvalue weighted by Gasteiger charge is 2.11. The molecule has 3 rings (SSSR count). The van der Waals surface area contributed by atoms with Crippen molar-refractivity contribution < 1.29 is 9.47 Å². The fourth-order valence-corrected chi connectivity index (χ4v) is 3.14. The number of aromatic nitrogens is 2. The molecule has 0 aliphatic rings. The Bertz CT molecular complexity index is 788. The number of fused-ring (bicyclic) bond motifs is 1. The molecule has 114 valence electrons. The van der Waals surface area contributed by atoms with Crippen molar-refractivity contribution in [2.45, 2.75) is 6.54 Å². The molecule has 0 amide bonds. The first-order valence-electron chi connectivity index (χ1n) is 6.83. The summed E-state index contributed by atoms with van der Waals surface area (Å²) >= 11 is 1.62. The number of methoxy groups -OCH3 is 2. The summed E-state index contributed by atoms with van der Waals surface area (Å²) in [7, 11) is 5.30. The Morgan fingerprint density at radius 1 is 1.09 bits per heavy atom. The Morgan fingerprint density at radius 3 is 2.68 bits per heavy atom. The highest BCUT2D eigenvalue weighted by Crippen LogP contribution is 2.30. The molecule has 3 aromatic rings. The van der Waals surface area contributed by atoms with Gasteiger partial charge in [0.15, 0.2) is 11.5 Å². The van der Waals surface area contributed by atoms with Gasteiger partial charge in [0.05, 0.1) is 19.6 Å². The van der Waals surface area contributed by atoms with E-state index in [9.17, 15) is 0 Å².